The fourth-order valence-electron chi connectivity index (χ4n) is 5.22. The van der Waals surface area contributed by atoms with Gasteiger partial charge in [-0.05, 0) is 38.0 Å². The van der Waals surface area contributed by atoms with Crippen molar-refractivity contribution < 1.29 is 34.1 Å². The Morgan fingerprint density at radius 3 is 2.73 bits per heavy atom. The zero-order chi connectivity index (χ0) is 29.1. The molecule has 2 aromatic heterocycles. The average molecular weight is 571 g/mol. The van der Waals surface area contributed by atoms with Crippen LogP contribution in [-0.2, 0) is 19.1 Å². The van der Waals surface area contributed by atoms with Crippen LogP contribution >= 0.6 is 0 Å². The summed E-state index contributed by atoms with van der Waals surface area (Å²) in [6.07, 6.45) is -0.982. The number of nitrogens with one attached hydrogen (secondary N) is 2. The van der Waals surface area contributed by atoms with E-state index in [2.05, 4.69) is 37.4 Å². The first-order chi connectivity index (χ1) is 19.7. The van der Waals surface area contributed by atoms with Gasteiger partial charge in [0.2, 0.25) is 11.7 Å². The van der Waals surface area contributed by atoms with Gasteiger partial charge in [0.05, 0.1) is 12.4 Å². The minimum absolute atomic E-state index is 0.0144. The third-order valence-electron chi connectivity index (χ3n) is 7.53. The molecule has 6 N–H and O–H groups in total. The molecular weight excluding hydrogens is 536 g/mol. The molecule has 5 atom stereocenters. The third-order valence-corrected chi connectivity index (χ3v) is 7.53. The summed E-state index contributed by atoms with van der Waals surface area (Å²) >= 11 is 0. The highest BCUT2D eigenvalue weighted by molar-refractivity contribution is 5.83. The lowest BCUT2D eigenvalue weighted by molar-refractivity contribution is -0.137. The lowest BCUT2D eigenvalue weighted by Crippen LogP contribution is -2.42. The number of piperidine rings is 1. The molecule has 3 aliphatic rings. The third kappa shape index (κ3) is 6.19. The maximum absolute atomic E-state index is 12.4. The second-order valence-electron chi connectivity index (χ2n) is 10.4. The number of aliphatic hydroxyl groups is 2. The Labute approximate surface area is 235 Å². The van der Waals surface area contributed by atoms with Crippen LogP contribution in [0.4, 0.5) is 10.6 Å². The second kappa shape index (κ2) is 12.2. The number of aliphatic hydroxyl groups excluding tert-OH is 2. The van der Waals surface area contributed by atoms with Crippen molar-refractivity contribution in [1.82, 2.24) is 35.1 Å². The largest absolute Gasteiger partial charge is 0.447 e. The summed E-state index contributed by atoms with van der Waals surface area (Å²) < 4.78 is 12.5. The molecule has 3 saturated heterocycles. The minimum atomic E-state index is -1.44. The number of nitrogen functional groups attached to an aromatic ring is 1. The first-order valence-electron chi connectivity index (χ1n) is 13.7. The lowest BCUT2D eigenvalue weighted by Gasteiger charge is -2.30. The predicted octanol–water partition coefficient (Wildman–Crippen LogP) is -0.967. The van der Waals surface area contributed by atoms with Crippen LogP contribution in [-0.4, -0.2) is 103 Å². The number of imidazole rings is 1. The van der Waals surface area contributed by atoms with E-state index in [1.54, 1.807) is 11.8 Å². The number of carbonyl (C=O) groups is 3. The molecule has 15 nitrogen and oxygen atoms in total. The normalized spacial score (nSPS) is 26.5. The summed E-state index contributed by atoms with van der Waals surface area (Å²) in [6, 6.07) is -0.111. The molecule has 0 aliphatic carbocycles. The molecule has 0 radical (unpaired) electrons. The Balaban J connectivity index is 1.18. The van der Waals surface area contributed by atoms with Gasteiger partial charge >= 0.3 is 6.09 Å². The summed E-state index contributed by atoms with van der Waals surface area (Å²) in [5.41, 5.74) is 6.62. The summed E-state index contributed by atoms with van der Waals surface area (Å²) in [5, 5.41) is 26.3. The van der Waals surface area contributed by atoms with Gasteiger partial charge in [-0.3, -0.25) is 14.2 Å². The molecule has 2 aromatic rings. The quantitative estimate of drug-likeness (QED) is 0.267. The number of fused-ring (bicyclic) bond motifs is 1. The second-order valence-corrected chi connectivity index (χ2v) is 10.4. The Morgan fingerprint density at radius 2 is 2.02 bits per heavy atom. The summed E-state index contributed by atoms with van der Waals surface area (Å²) in [4.78, 5) is 50.5. The molecule has 0 saturated carbocycles. The van der Waals surface area contributed by atoms with E-state index in [0.29, 0.717) is 38.9 Å². The maximum atomic E-state index is 12.4. The lowest BCUT2D eigenvalue weighted by atomic mass is 9.94. The number of likely N-dealkylation sites (tertiary alicyclic amines) is 1. The average Bonchev–Trinajstić information content (AvgIpc) is 3.65. The molecule has 3 amide bonds. The highest BCUT2D eigenvalue weighted by atomic mass is 16.6. The minimum Gasteiger partial charge on any atom is -0.447 e. The molecule has 0 aromatic carbocycles. The van der Waals surface area contributed by atoms with Gasteiger partial charge in [0.15, 0.2) is 23.8 Å². The van der Waals surface area contributed by atoms with Crippen molar-refractivity contribution in [3.05, 3.63) is 12.2 Å². The molecule has 5 rings (SSSR count). The van der Waals surface area contributed by atoms with Crippen molar-refractivity contribution in [3.63, 3.8) is 0 Å². The van der Waals surface area contributed by atoms with E-state index in [-0.39, 0.29) is 53.4 Å². The Morgan fingerprint density at radius 1 is 1.24 bits per heavy atom. The van der Waals surface area contributed by atoms with Gasteiger partial charge in [-0.1, -0.05) is 5.92 Å². The highest BCUT2D eigenvalue weighted by Gasteiger charge is 2.47. The van der Waals surface area contributed by atoms with Crippen LogP contribution in [0.2, 0.25) is 0 Å². The van der Waals surface area contributed by atoms with Crippen molar-refractivity contribution in [1.29, 1.82) is 0 Å². The number of amides is 3. The van der Waals surface area contributed by atoms with Gasteiger partial charge in [0, 0.05) is 32.5 Å². The number of hydrogen-bond acceptors (Lipinski definition) is 11. The molecule has 3 fully saturated rings. The maximum Gasteiger partial charge on any atom is 0.409 e. The first-order valence-corrected chi connectivity index (χ1v) is 13.7. The van der Waals surface area contributed by atoms with Gasteiger partial charge in [-0.25, -0.2) is 19.7 Å². The highest BCUT2D eigenvalue weighted by Crippen LogP contribution is 2.32. The fraction of sp³-hybridized carbons (Fsp3) is 0.615. The van der Waals surface area contributed by atoms with Crippen molar-refractivity contribution >= 4 is 34.9 Å². The van der Waals surface area contributed by atoms with Crippen molar-refractivity contribution in [2.75, 3.05) is 32.0 Å². The standard InChI is InChI=1S/C26H34N8O7/c1-2-28-24(38)21-19(36)20(37)25(41-21)34-13-29-18-22(27)31-16(32-23(18)34)5-3-4-14-8-10-33(11-9-14)26(39)40-12-15-6-7-17(35)30-15/h13-15,19-21,25,36-37H,2,4,6-12H2,1H3,(H,28,38)(H,30,35)(H2,27,31,32)/t15?,19-,20+,21-,25+/m0/s1. The number of aromatic nitrogens is 4. The van der Waals surface area contributed by atoms with Crippen molar-refractivity contribution in [2.24, 2.45) is 5.92 Å². The molecule has 1 unspecified atom stereocenters. The number of ether oxygens (including phenoxy) is 2. The molecule has 5 heterocycles. The van der Waals surface area contributed by atoms with E-state index in [1.165, 1.54) is 10.9 Å². The topological polar surface area (TPSA) is 207 Å². The number of nitrogens with zero attached hydrogens (tertiary/aromatic N) is 5. The van der Waals surface area contributed by atoms with Gasteiger partial charge in [0.1, 0.15) is 24.3 Å². The Kier molecular flexibility index (Phi) is 8.52. The van der Waals surface area contributed by atoms with Gasteiger partial charge < -0.3 is 41.0 Å². The van der Waals surface area contributed by atoms with Gasteiger partial charge in [-0.15, -0.1) is 0 Å². The van der Waals surface area contributed by atoms with Crippen LogP contribution in [0.3, 0.4) is 0 Å². The molecule has 0 spiro atoms. The predicted molar refractivity (Wildman–Crippen MR) is 143 cm³/mol. The van der Waals surface area contributed by atoms with Crippen molar-refractivity contribution in [3.8, 4) is 11.8 Å². The zero-order valence-electron chi connectivity index (χ0n) is 22.7. The monoisotopic (exact) mass is 570 g/mol. The number of hydrogen-bond donors (Lipinski definition) is 5. The Hall–Kier alpha value is -4.00. The SMILES string of the molecule is CCNC(=O)[C@H]1O[C@@H](n2cnc3c(N)nc(C#CCC4CCN(C(=O)OCC5CCC(=O)N5)CC4)nc32)[C@H](O)[C@@H]1O. The van der Waals surface area contributed by atoms with Crippen LogP contribution in [0, 0.1) is 17.8 Å². The first kappa shape index (κ1) is 28.5. The molecule has 220 valence electrons. The molecule has 0 bridgehead atoms. The smallest absolute Gasteiger partial charge is 0.409 e. The van der Waals surface area contributed by atoms with Crippen LogP contribution in [0.5, 0.6) is 0 Å². The summed E-state index contributed by atoms with van der Waals surface area (Å²) in [7, 11) is 0. The Bertz CT molecular complexity index is 1360. The number of rotatable bonds is 6. The number of carbonyl (C=O) groups excluding carboxylic acids is 3. The van der Waals surface area contributed by atoms with Gasteiger partial charge in [0.25, 0.3) is 5.91 Å². The summed E-state index contributed by atoms with van der Waals surface area (Å²) in [6.45, 7) is 3.39. The fourth-order valence-corrected chi connectivity index (χ4v) is 5.22. The van der Waals surface area contributed by atoms with Gasteiger partial charge in [-0.2, -0.15) is 0 Å². The van der Waals surface area contributed by atoms with E-state index >= 15 is 0 Å². The zero-order valence-corrected chi connectivity index (χ0v) is 22.7. The molecular formula is C26H34N8O7. The van der Waals surface area contributed by atoms with Crippen LogP contribution in [0.1, 0.15) is 51.1 Å². The molecule has 15 heteroatoms. The summed E-state index contributed by atoms with van der Waals surface area (Å²) in [5.74, 6) is 6.02. The number of nitrogens with two attached hydrogens (primary N) is 1. The van der Waals surface area contributed by atoms with E-state index in [4.69, 9.17) is 15.2 Å². The van der Waals surface area contributed by atoms with Crippen molar-refractivity contribution in [2.45, 2.75) is 69.6 Å². The van der Waals surface area contributed by atoms with E-state index < -0.39 is 30.4 Å². The molecule has 41 heavy (non-hydrogen) atoms. The van der Waals surface area contributed by atoms with Crippen LogP contribution in [0.15, 0.2) is 6.33 Å². The van der Waals surface area contributed by atoms with Crippen LogP contribution in [0.25, 0.3) is 11.2 Å². The van der Waals surface area contributed by atoms with E-state index in [0.717, 1.165) is 12.8 Å². The van der Waals surface area contributed by atoms with E-state index in [1.807, 2.05) is 0 Å². The molecule has 3 aliphatic heterocycles. The number of likely N-dealkylation sites (N-methyl/N-ethyl adjacent to an activating group) is 1. The van der Waals surface area contributed by atoms with Crippen LogP contribution < -0.4 is 16.4 Å². The van der Waals surface area contributed by atoms with E-state index in [9.17, 15) is 24.6 Å². The number of anilines is 1.